The second-order valence-corrected chi connectivity index (χ2v) is 9.44. The number of carbonyl (C=O) groups is 2. The molecule has 0 aliphatic heterocycles. The Bertz CT molecular complexity index is 487. The predicted molar refractivity (Wildman–Crippen MR) is 95.9 cm³/mol. The molecule has 4 atom stereocenters. The molecule has 0 amide bonds. The number of carbonyl (C=O) groups excluding carboxylic acids is 2. The predicted octanol–water partition coefficient (Wildman–Crippen LogP) is 4.65. The second-order valence-electron chi connectivity index (χ2n) is 9.44. The molecule has 3 rings (SSSR count). The summed E-state index contributed by atoms with van der Waals surface area (Å²) in [6.45, 7) is 5.64. The van der Waals surface area contributed by atoms with Crippen LogP contribution in [0.3, 0.4) is 0 Å². The third-order valence-corrected chi connectivity index (χ3v) is 6.26. The number of ether oxygens (including phenoxy) is 2. The Hall–Kier alpha value is -1.06. The molecule has 0 heterocycles. The van der Waals surface area contributed by atoms with Crippen LogP contribution in [0.2, 0.25) is 0 Å². The molecule has 0 radical (unpaired) electrons. The van der Waals surface area contributed by atoms with E-state index >= 15 is 0 Å². The normalized spacial score (nSPS) is 30.9. The van der Waals surface area contributed by atoms with E-state index in [1.807, 2.05) is 20.8 Å². The topological polar surface area (TPSA) is 52.6 Å². The summed E-state index contributed by atoms with van der Waals surface area (Å²) in [5, 5.41) is 0. The lowest BCUT2D eigenvalue weighted by Gasteiger charge is -2.32. The van der Waals surface area contributed by atoms with Gasteiger partial charge in [-0.3, -0.25) is 9.59 Å². The van der Waals surface area contributed by atoms with Gasteiger partial charge in [0.1, 0.15) is 11.7 Å². The van der Waals surface area contributed by atoms with Gasteiger partial charge in [-0.2, -0.15) is 0 Å². The monoisotopic (exact) mass is 350 g/mol. The summed E-state index contributed by atoms with van der Waals surface area (Å²) in [6, 6.07) is 0. The fourth-order valence-corrected chi connectivity index (χ4v) is 5.16. The zero-order chi connectivity index (χ0) is 18.0. The van der Waals surface area contributed by atoms with Crippen molar-refractivity contribution in [3.63, 3.8) is 0 Å². The van der Waals surface area contributed by atoms with Crippen LogP contribution in [0.4, 0.5) is 0 Å². The van der Waals surface area contributed by atoms with Crippen LogP contribution in [-0.2, 0) is 19.1 Å². The average Bonchev–Trinajstić information content (AvgIpc) is 3.16. The van der Waals surface area contributed by atoms with Crippen molar-refractivity contribution in [3.05, 3.63) is 0 Å². The third kappa shape index (κ3) is 4.98. The van der Waals surface area contributed by atoms with E-state index < -0.39 is 5.60 Å². The molecular weight excluding hydrogens is 316 g/mol. The SMILES string of the molecule is CC(C)(C)OC(=O)CC(OC(=O)C1CCCCC1)C1CC2CCC1C2. The zero-order valence-corrected chi connectivity index (χ0v) is 16.1. The van der Waals surface area contributed by atoms with Gasteiger partial charge in [0.05, 0.1) is 12.3 Å². The molecule has 0 aromatic carbocycles. The average molecular weight is 350 g/mol. The summed E-state index contributed by atoms with van der Waals surface area (Å²) in [5.41, 5.74) is -0.496. The summed E-state index contributed by atoms with van der Waals surface area (Å²) in [4.78, 5) is 25.0. The fourth-order valence-electron chi connectivity index (χ4n) is 5.16. The standard InChI is InChI=1S/C21H34O4/c1-21(2,3)25-19(22)13-18(17-12-14-9-10-16(17)11-14)24-20(23)15-7-5-4-6-8-15/h14-18H,4-13H2,1-3H3. The molecule has 3 fully saturated rings. The van der Waals surface area contributed by atoms with Crippen molar-refractivity contribution >= 4 is 11.9 Å². The Morgan fingerprint density at radius 2 is 1.72 bits per heavy atom. The first-order valence-electron chi connectivity index (χ1n) is 10.2. The van der Waals surface area contributed by atoms with Gasteiger partial charge in [-0.15, -0.1) is 0 Å². The quantitative estimate of drug-likeness (QED) is 0.678. The highest BCUT2D eigenvalue weighted by Crippen LogP contribution is 2.50. The first-order valence-corrected chi connectivity index (χ1v) is 10.2. The lowest BCUT2D eigenvalue weighted by Crippen LogP contribution is -2.36. The molecule has 0 aromatic heterocycles. The van der Waals surface area contributed by atoms with Crippen molar-refractivity contribution in [2.45, 2.75) is 96.7 Å². The van der Waals surface area contributed by atoms with Gasteiger partial charge in [0.25, 0.3) is 0 Å². The van der Waals surface area contributed by atoms with Crippen molar-refractivity contribution < 1.29 is 19.1 Å². The maximum atomic E-state index is 12.7. The van der Waals surface area contributed by atoms with Crippen LogP contribution in [0, 0.1) is 23.7 Å². The van der Waals surface area contributed by atoms with Crippen molar-refractivity contribution in [2.75, 3.05) is 0 Å². The van der Waals surface area contributed by atoms with E-state index in [0.717, 1.165) is 38.0 Å². The van der Waals surface area contributed by atoms with Gasteiger partial charge in [0, 0.05) is 0 Å². The van der Waals surface area contributed by atoms with Gasteiger partial charge in [-0.05, 0) is 70.6 Å². The molecule has 4 heteroatoms. The number of fused-ring (bicyclic) bond motifs is 2. The van der Waals surface area contributed by atoms with E-state index in [4.69, 9.17) is 9.47 Å². The van der Waals surface area contributed by atoms with Crippen LogP contribution in [0.25, 0.3) is 0 Å². The maximum Gasteiger partial charge on any atom is 0.310 e. The number of hydrogen-bond acceptors (Lipinski definition) is 4. The lowest BCUT2D eigenvalue weighted by atomic mass is 9.83. The fraction of sp³-hybridized carbons (Fsp3) is 0.905. The molecular formula is C21H34O4. The summed E-state index contributed by atoms with van der Waals surface area (Å²) >= 11 is 0. The minimum Gasteiger partial charge on any atom is -0.461 e. The van der Waals surface area contributed by atoms with Crippen LogP contribution in [0.1, 0.15) is 85.0 Å². The first-order chi connectivity index (χ1) is 11.8. The molecule has 0 spiro atoms. The van der Waals surface area contributed by atoms with Crippen LogP contribution >= 0.6 is 0 Å². The molecule has 2 bridgehead atoms. The highest BCUT2D eigenvalue weighted by Gasteiger charge is 2.45. The Morgan fingerprint density at radius 3 is 2.28 bits per heavy atom. The van der Waals surface area contributed by atoms with Crippen molar-refractivity contribution in [2.24, 2.45) is 23.7 Å². The van der Waals surface area contributed by atoms with E-state index in [-0.39, 0.29) is 30.4 Å². The lowest BCUT2D eigenvalue weighted by molar-refractivity contribution is -0.167. The summed E-state index contributed by atoms with van der Waals surface area (Å²) < 4.78 is 11.5. The Balaban J connectivity index is 1.63. The summed E-state index contributed by atoms with van der Waals surface area (Å²) in [7, 11) is 0. The third-order valence-electron chi connectivity index (χ3n) is 6.26. The largest absolute Gasteiger partial charge is 0.461 e. The molecule has 25 heavy (non-hydrogen) atoms. The second kappa shape index (κ2) is 7.67. The molecule has 3 aliphatic carbocycles. The van der Waals surface area contributed by atoms with Crippen LogP contribution < -0.4 is 0 Å². The molecule has 4 unspecified atom stereocenters. The number of rotatable bonds is 5. The molecule has 0 aromatic rings. The van der Waals surface area contributed by atoms with Gasteiger partial charge < -0.3 is 9.47 Å². The smallest absolute Gasteiger partial charge is 0.310 e. The van der Waals surface area contributed by atoms with Crippen molar-refractivity contribution in [1.29, 1.82) is 0 Å². The van der Waals surface area contributed by atoms with Crippen molar-refractivity contribution in [3.8, 4) is 0 Å². The summed E-state index contributed by atoms with van der Waals surface area (Å²) in [6.07, 6.45) is 10.1. The molecule has 0 saturated heterocycles. The molecule has 142 valence electrons. The van der Waals surface area contributed by atoms with E-state index in [1.54, 1.807) is 0 Å². The van der Waals surface area contributed by atoms with E-state index in [9.17, 15) is 9.59 Å². The summed E-state index contributed by atoms with van der Waals surface area (Å²) in [5.74, 6) is 1.46. The first kappa shape index (κ1) is 18.7. The molecule has 3 saturated carbocycles. The molecule has 4 nitrogen and oxygen atoms in total. The Kier molecular flexibility index (Phi) is 5.75. The van der Waals surface area contributed by atoms with Gasteiger partial charge in [-0.25, -0.2) is 0 Å². The zero-order valence-electron chi connectivity index (χ0n) is 16.1. The molecule has 0 N–H and O–H groups in total. The van der Waals surface area contributed by atoms with Crippen LogP contribution in [0.15, 0.2) is 0 Å². The number of esters is 2. The Labute approximate surface area is 152 Å². The van der Waals surface area contributed by atoms with Gasteiger partial charge in [0.15, 0.2) is 0 Å². The maximum absolute atomic E-state index is 12.7. The highest BCUT2D eigenvalue weighted by atomic mass is 16.6. The van der Waals surface area contributed by atoms with E-state index in [0.29, 0.717) is 11.8 Å². The van der Waals surface area contributed by atoms with Gasteiger partial charge in [0.2, 0.25) is 0 Å². The minimum atomic E-state index is -0.496. The Morgan fingerprint density at radius 1 is 1.00 bits per heavy atom. The highest BCUT2D eigenvalue weighted by molar-refractivity contribution is 5.74. The van der Waals surface area contributed by atoms with E-state index in [1.165, 1.54) is 25.7 Å². The minimum absolute atomic E-state index is 0.0356. The van der Waals surface area contributed by atoms with Gasteiger partial charge >= 0.3 is 11.9 Å². The number of hydrogen-bond donors (Lipinski definition) is 0. The van der Waals surface area contributed by atoms with Gasteiger partial charge in [-0.1, -0.05) is 25.7 Å². The van der Waals surface area contributed by atoms with Crippen LogP contribution in [-0.4, -0.2) is 23.6 Å². The molecule has 3 aliphatic rings. The van der Waals surface area contributed by atoms with Crippen LogP contribution in [0.5, 0.6) is 0 Å². The van der Waals surface area contributed by atoms with Crippen molar-refractivity contribution in [1.82, 2.24) is 0 Å². The van der Waals surface area contributed by atoms with E-state index in [2.05, 4.69) is 0 Å².